The lowest BCUT2D eigenvalue weighted by Crippen LogP contribution is -2.29. The average Bonchev–Trinajstić information content (AvgIpc) is 2.28. The summed E-state index contributed by atoms with van der Waals surface area (Å²) in [4.78, 5) is 11.5. The van der Waals surface area contributed by atoms with E-state index in [1.165, 1.54) is 0 Å². The van der Waals surface area contributed by atoms with E-state index in [-0.39, 0.29) is 6.61 Å². The summed E-state index contributed by atoms with van der Waals surface area (Å²) >= 11 is 0. The van der Waals surface area contributed by atoms with Crippen molar-refractivity contribution in [2.45, 2.75) is 19.6 Å². The summed E-state index contributed by atoms with van der Waals surface area (Å²) in [7, 11) is -1.80. The monoisotopic (exact) mass is 243 g/mol. The second-order valence-corrected chi connectivity index (χ2v) is 5.69. The molecule has 0 spiro atoms. The van der Waals surface area contributed by atoms with Crippen LogP contribution in [0, 0.1) is 0 Å². The molecule has 2 unspecified atom stereocenters. The van der Waals surface area contributed by atoms with Gasteiger partial charge in [0.05, 0.1) is 6.61 Å². The molecule has 1 rings (SSSR count). The molecule has 1 aromatic carbocycles. The SMILES string of the molecule is CCOP(=O)(O)C(C)N(C)c1ccccc1. The maximum absolute atomic E-state index is 11.8. The first-order valence-corrected chi connectivity index (χ1v) is 6.88. The van der Waals surface area contributed by atoms with Gasteiger partial charge in [-0.05, 0) is 26.0 Å². The van der Waals surface area contributed by atoms with Crippen LogP contribution in [-0.4, -0.2) is 24.3 Å². The molecule has 0 saturated heterocycles. The molecule has 0 amide bonds. The molecule has 4 nitrogen and oxygen atoms in total. The molecule has 0 aliphatic heterocycles. The molecular formula is C11H18NO3P. The van der Waals surface area contributed by atoms with Crippen LogP contribution < -0.4 is 4.90 Å². The number of rotatable bonds is 5. The number of hydrogen-bond donors (Lipinski definition) is 1. The minimum Gasteiger partial charge on any atom is -0.361 e. The van der Waals surface area contributed by atoms with Gasteiger partial charge in [0.2, 0.25) is 0 Å². The smallest absolute Gasteiger partial charge is 0.350 e. The van der Waals surface area contributed by atoms with Crippen molar-refractivity contribution in [2.75, 3.05) is 18.6 Å². The highest BCUT2D eigenvalue weighted by Crippen LogP contribution is 2.48. The second kappa shape index (κ2) is 5.48. The number of anilines is 1. The second-order valence-electron chi connectivity index (χ2n) is 3.56. The van der Waals surface area contributed by atoms with Crippen LogP contribution in [0.2, 0.25) is 0 Å². The van der Waals surface area contributed by atoms with Crippen molar-refractivity contribution in [3.63, 3.8) is 0 Å². The van der Waals surface area contributed by atoms with Crippen LogP contribution in [0.1, 0.15) is 13.8 Å². The third-order valence-corrected chi connectivity index (χ3v) is 4.43. The van der Waals surface area contributed by atoms with Gasteiger partial charge in [-0.2, -0.15) is 0 Å². The Labute approximate surface area is 96.4 Å². The van der Waals surface area contributed by atoms with Gasteiger partial charge in [-0.3, -0.25) is 4.57 Å². The topological polar surface area (TPSA) is 49.8 Å². The van der Waals surface area contributed by atoms with Crippen LogP contribution >= 0.6 is 7.60 Å². The Morgan fingerprint density at radius 3 is 2.50 bits per heavy atom. The molecule has 0 saturated carbocycles. The largest absolute Gasteiger partial charge is 0.361 e. The lowest BCUT2D eigenvalue weighted by molar-refractivity contribution is 0.265. The summed E-state index contributed by atoms with van der Waals surface area (Å²) in [6.07, 6.45) is 0. The van der Waals surface area contributed by atoms with Gasteiger partial charge in [-0.1, -0.05) is 18.2 Å². The summed E-state index contributed by atoms with van der Waals surface area (Å²) < 4.78 is 16.7. The highest BCUT2D eigenvalue weighted by molar-refractivity contribution is 7.53. The van der Waals surface area contributed by atoms with Gasteiger partial charge in [0.1, 0.15) is 5.78 Å². The van der Waals surface area contributed by atoms with Crippen molar-refractivity contribution >= 4 is 13.3 Å². The van der Waals surface area contributed by atoms with Gasteiger partial charge < -0.3 is 14.3 Å². The summed E-state index contributed by atoms with van der Waals surface area (Å²) in [6.45, 7) is 3.63. The van der Waals surface area contributed by atoms with Crippen LogP contribution in [0.15, 0.2) is 30.3 Å². The van der Waals surface area contributed by atoms with Gasteiger partial charge in [-0.25, -0.2) is 0 Å². The third-order valence-electron chi connectivity index (χ3n) is 2.51. The predicted octanol–water partition coefficient (Wildman–Crippen LogP) is 2.69. The van der Waals surface area contributed by atoms with E-state index in [4.69, 9.17) is 4.52 Å². The van der Waals surface area contributed by atoms with Crippen LogP contribution in [0.3, 0.4) is 0 Å². The molecule has 0 heterocycles. The van der Waals surface area contributed by atoms with E-state index in [1.54, 1.807) is 25.8 Å². The van der Waals surface area contributed by atoms with Crippen LogP contribution in [0.4, 0.5) is 5.69 Å². The van der Waals surface area contributed by atoms with Crippen molar-refractivity contribution in [3.05, 3.63) is 30.3 Å². The van der Waals surface area contributed by atoms with Gasteiger partial charge >= 0.3 is 7.60 Å². The lowest BCUT2D eigenvalue weighted by Gasteiger charge is -2.29. The Hall–Kier alpha value is -0.830. The Morgan fingerprint density at radius 2 is 2.00 bits per heavy atom. The van der Waals surface area contributed by atoms with E-state index in [9.17, 15) is 9.46 Å². The molecule has 0 aliphatic carbocycles. The number of benzene rings is 1. The zero-order valence-corrected chi connectivity index (χ0v) is 10.7. The quantitative estimate of drug-likeness (QED) is 0.808. The number of para-hydroxylation sites is 1. The van der Waals surface area contributed by atoms with Crippen LogP contribution in [-0.2, 0) is 9.09 Å². The molecule has 0 radical (unpaired) electrons. The summed E-state index contributed by atoms with van der Waals surface area (Å²) in [5.74, 6) is -0.560. The fourth-order valence-corrected chi connectivity index (χ4v) is 2.55. The zero-order valence-electron chi connectivity index (χ0n) is 9.83. The highest BCUT2D eigenvalue weighted by Gasteiger charge is 2.31. The van der Waals surface area contributed by atoms with E-state index in [1.807, 2.05) is 30.3 Å². The molecule has 1 aromatic rings. The van der Waals surface area contributed by atoms with E-state index in [0.29, 0.717) is 0 Å². The predicted molar refractivity (Wildman–Crippen MR) is 65.8 cm³/mol. The standard InChI is InChI=1S/C11H18NO3P/c1-4-15-16(13,14)10(2)12(3)11-8-6-5-7-9-11/h5-10H,4H2,1-3H3,(H,13,14). The minimum atomic E-state index is -3.58. The number of hydrogen-bond acceptors (Lipinski definition) is 3. The molecule has 0 aliphatic rings. The summed E-state index contributed by atoms with van der Waals surface area (Å²) in [5, 5.41) is 0. The van der Waals surface area contributed by atoms with Crippen LogP contribution in [0.5, 0.6) is 0 Å². The highest BCUT2D eigenvalue weighted by atomic mass is 31.2. The lowest BCUT2D eigenvalue weighted by atomic mass is 10.3. The van der Waals surface area contributed by atoms with Gasteiger partial charge in [0.25, 0.3) is 0 Å². The molecule has 16 heavy (non-hydrogen) atoms. The van der Waals surface area contributed by atoms with E-state index in [2.05, 4.69) is 0 Å². The summed E-state index contributed by atoms with van der Waals surface area (Å²) in [5.41, 5.74) is 0.893. The minimum absolute atomic E-state index is 0.237. The zero-order chi connectivity index (χ0) is 12.2. The first kappa shape index (κ1) is 13.2. The Kier molecular flexibility index (Phi) is 4.54. The Balaban J connectivity index is 2.82. The molecule has 90 valence electrons. The van der Waals surface area contributed by atoms with E-state index >= 15 is 0 Å². The van der Waals surface area contributed by atoms with Crippen molar-refractivity contribution < 1.29 is 14.0 Å². The molecule has 0 aromatic heterocycles. The van der Waals surface area contributed by atoms with Crippen molar-refractivity contribution in [2.24, 2.45) is 0 Å². The van der Waals surface area contributed by atoms with E-state index in [0.717, 1.165) is 5.69 Å². The summed E-state index contributed by atoms with van der Waals surface area (Å²) in [6, 6.07) is 9.47. The Morgan fingerprint density at radius 1 is 1.44 bits per heavy atom. The molecule has 0 fully saturated rings. The molecule has 5 heteroatoms. The first-order chi connectivity index (χ1) is 7.49. The van der Waals surface area contributed by atoms with Gasteiger partial charge in [0, 0.05) is 12.7 Å². The molecular weight excluding hydrogens is 225 g/mol. The maximum atomic E-state index is 11.8. The number of nitrogens with zero attached hydrogens (tertiary/aromatic N) is 1. The average molecular weight is 243 g/mol. The van der Waals surface area contributed by atoms with Gasteiger partial charge in [0.15, 0.2) is 0 Å². The molecule has 0 bridgehead atoms. The van der Waals surface area contributed by atoms with Crippen molar-refractivity contribution in [3.8, 4) is 0 Å². The third kappa shape index (κ3) is 3.08. The van der Waals surface area contributed by atoms with Crippen molar-refractivity contribution in [1.82, 2.24) is 0 Å². The Bertz CT molecular complexity index is 369. The van der Waals surface area contributed by atoms with E-state index < -0.39 is 13.4 Å². The normalized spacial score (nSPS) is 16.5. The first-order valence-electron chi connectivity index (χ1n) is 5.24. The maximum Gasteiger partial charge on any atom is 0.350 e. The van der Waals surface area contributed by atoms with Crippen LogP contribution in [0.25, 0.3) is 0 Å². The molecule has 1 N–H and O–H groups in total. The van der Waals surface area contributed by atoms with Crippen molar-refractivity contribution in [1.29, 1.82) is 0 Å². The molecule has 2 atom stereocenters. The fourth-order valence-electron chi connectivity index (χ4n) is 1.39. The van der Waals surface area contributed by atoms with Gasteiger partial charge in [-0.15, -0.1) is 0 Å². The fraction of sp³-hybridized carbons (Fsp3) is 0.455.